The van der Waals surface area contributed by atoms with Gasteiger partial charge in [-0.1, -0.05) is 30.3 Å². The number of aromatic nitrogens is 2. The highest BCUT2D eigenvalue weighted by Gasteiger charge is 2.45. The summed E-state index contributed by atoms with van der Waals surface area (Å²) in [5, 5.41) is 37.7. The zero-order valence-corrected chi connectivity index (χ0v) is 20.3. The van der Waals surface area contributed by atoms with Gasteiger partial charge in [0.2, 0.25) is 5.88 Å². The molecule has 1 aliphatic rings. The number of primary amides is 1. The van der Waals surface area contributed by atoms with Crippen molar-refractivity contribution in [3.8, 4) is 5.88 Å². The van der Waals surface area contributed by atoms with Crippen molar-refractivity contribution in [2.24, 2.45) is 11.5 Å². The minimum Gasteiger partial charge on any atom is -0.493 e. The number of aliphatic carboxylic acids is 1. The number of halogens is 3. The number of amides is 1. The molecular formula is C22H27F3N4O10. The van der Waals surface area contributed by atoms with Gasteiger partial charge in [-0.2, -0.15) is 13.2 Å². The lowest BCUT2D eigenvalue weighted by Gasteiger charge is -2.21. The van der Waals surface area contributed by atoms with E-state index >= 15 is 0 Å². The summed E-state index contributed by atoms with van der Waals surface area (Å²) in [6.07, 6.45) is -10.0. The van der Waals surface area contributed by atoms with Gasteiger partial charge in [0.05, 0.1) is 12.7 Å². The Hall–Kier alpha value is -3.77. The number of aromatic hydroxyl groups is 1. The van der Waals surface area contributed by atoms with Gasteiger partial charge in [0.25, 0.3) is 5.91 Å². The molecule has 0 unspecified atom stereocenters. The van der Waals surface area contributed by atoms with Gasteiger partial charge in [0.1, 0.15) is 37.3 Å². The standard InChI is InChI=1S/C20H26N4O8.C2HF3O2/c1-10(30-7-11-5-3-2-4-6-11)13(21)20(29)31-8-12-15(25)16(26)19(32-12)24-9-23-14(17(22)27)18(24)28;3-2(4,5)1(6)7/h2-6,9-10,12-13,15-16,19,25-26,28H,7-8,21H2,1H3,(H2,22,27);(H,6,7)/t10-,12-,13+,15-,16-,19-;/m1./s1. The molecule has 0 spiro atoms. The van der Waals surface area contributed by atoms with Gasteiger partial charge in [-0.25, -0.2) is 9.78 Å². The second-order valence-corrected chi connectivity index (χ2v) is 8.20. The minimum atomic E-state index is -5.08. The van der Waals surface area contributed by atoms with E-state index in [0.29, 0.717) is 0 Å². The summed E-state index contributed by atoms with van der Waals surface area (Å²) >= 11 is 0. The molecule has 1 saturated heterocycles. The Labute approximate surface area is 218 Å². The van der Waals surface area contributed by atoms with E-state index in [1.54, 1.807) is 6.92 Å². The van der Waals surface area contributed by atoms with Gasteiger partial charge in [0.15, 0.2) is 11.9 Å². The molecule has 8 N–H and O–H groups in total. The molecule has 14 nitrogen and oxygen atoms in total. The number of aliphatic hydroxyl groups is 2. The number of alkyl halides is 3. The van der Waals surface area contributed by atoms with E-state index in [1.807, 2.05) is 30.3 Å². The summed E-state index contributed by atoms with van der Waals surface area (Å²) in [6, 6.07) is 8.27. The Balaban J connectivity index is 0.000000673. The van der Waals surface area contributed by atoms with Crippen LogP contribution in [0.25, 0.3) is 0 Å². The van der Waals surface area contributed by atoms with Crippen LogP contribution in [0.5, 0.6) is 5.88 Å². The first kappa shape index (κ1) is 31.4. The molecule has 0 saturated carbocycles. The van der Waals surface area contributed by atoms with Crippen molar-refractivity contribution < 1.29 is 62.2 Å². The number of rotatable bonds is 9. The van der Waals surface area contributed by atoms with Crippen LogP contribution in [-0.4, -0.2) is 91.1 Å². The third-order valence-electron chi connectivity index (χ3n) is 5.38. The average molecular weight is 564 g/mol. The quantitative estimate of drug-likeness (QED) is 0.210. The molecular weight excluding hydrogens is 537 g/mol. The number of nitrogens with two attached hydrogens (primary N) is 2. The number of nitrogens with zero attached hydrogens (tertiary/aromatic N) is 2. The fourth-order valence-electron chi connectivity index (χ4n) is 3.17. The first-order valence-corrected chi connectivity index (χ1v) is 11.1. The Morgan fingerprint density at radius 3 is 2.28 bits per heavy atom. The van der Waals surface area contributed by atoms with Crippen LogP contribution < -0.4 is 11.5 Å². The number of carboxylic acids is 1. The minimum absolute atomic E-state index is 0.267. The van der Waals surface area contributed by atoms with E-state index in [1.165, 1.54) is 0 Å². The molecule has 216 valence electrons. The Kier molecular flexibility index (Phi) is 10.8. The molecule has 1 aliphatic heterocycles. The SMILES string of the molecule is C[C@@H](OCc1ccccc1)[C@H](N)C(=O)OC[C@H]1O[C@@H](n2cnc(C(N)=O)c2O)[C@H](O)[C@@H]1O.O=C(O)C(F)(F)F. The molecule has 1 aromatic carbocycles. The highest BCUT2D eigenvalue weighted by molar-refractivity contribution is 5.93. The highest BCUT2D eigenvalue weighted by atomic mass is 19.4. The predicted octanol–water partition coefficient (Wildman–Crippen LogP) is -0.584. The lowest BCUT2D eigenvalue weighted by Crippen LogP contribution is -2.44. The molecule has 1 amide bonds. The van der Waals surface area contributed by atoms with E-state index in [0.717, 1.165) is 16.5 Å². The van der Waals surface area contributed by atoms with E-state index in [2.05, 4.69) is 4.98 Å². The first-order chi connectivity index (χ1) is 18.1. The lowest BCUT2D eigenvalue weighted by molar-refractivity contribution is -0.192. The average Bonchev–Trinajstić information content (AvgIpc) is 3.39. The number of carbonyl (C=O) groups excluding carboxylic acids is 2. The van der Waals surface area contributed by atoms with Crippen LogP contribution in [-0.2, 0) is 30.4 Å². The maximum Gasteiger partial charge on any atom is 0.490 e. The number of carboxylic acid groups (broad SMARTS) is 1. The third kappa shape index (κ3) is 8.36. The van der Waals surface area contributed by atoms with Gasteiger partial charge in [-0.05, 0) is 12.5 Å². The maximum absolute atomic E-state index is 12.3. The van der Waals surface area contributed by atoms with Crippen LogP contribution in [0.2, 0.25) is 0 Å². The third-order valence-corrected chi connectivity index (χ3v) is 5.38. The molecule has 0 bridgehead atoms. The van der Waals surface area contributed by atoms with Gasteiger partial charge in [0, 0.05) is 0 Å². The van der Waals surface area contributed by atoms with Crippen LogP contribution in [0.15, 0.2) is 36.7 Å². The summed E-state index contributed by atoms with van der Waals surface area (Å²) in [4.78, 5) is 36.1. The van der Waals surface area contributed by atoms with Gasteiger partial charge in [-0.3, -0.25) is 14.2 Å². The zero-order valence-electron chi connectivity index (χ0n) is 20.3. The number of aliphatic hydroxyl groups excluding tert-OH is 2. The molecule has 6 atom stereocenters. The summed E-state index contributed by atoms with van der Waals surface area (Å²) in [5.74, 6) is -5.14. The number of carbonyl (C=O) groups is 3. The van der Waals surface area contributed by atoms with Crippen molar-refractivity contribution in [3.63, 3.8) is 0 Å². The summed E-state index contributed by atoms with van der Waals surface area (Å²) < 4.78 is 48.9. The van der Waals surface area contributed by atoms with Gasteiger partial charge < -0.3 is 46.1 Å². The fourth-order valence-corrected chi connectivity index (χ4v) is 3.17. The van der Waals surface area contributed by atoms with Gasteiger partial charge >= 0.3 is 18.1 Å². The zero-order chi connectivity index (χ0) is 29.5. The molecule has 2 heterocycles. The van der Waals surface area contributed by atoms with E-state index in [4.69, 9.17) is 35.6 Å². The number of benzene rings is 1. The number of imidazole rings is 1. The first-order valence-electron chi connectivity index (χ1n) is 11.1. The monoisotopic (exact) mass is 564 g/mol. The smallest absolute Gasteiger partial charge is 0.490 e. The van der Waals surface area contributed by atoms with Crippen LogP contribution in [0, 0.1) is 0 Å². The van der Waals surface area contributed by atoms with Crippen molar-refractivity contribution >= 4 is 17.8 Å². The molecule has 1 fully saturated rings. The molecule has 17 heteroatoms. The Morgan fingerprint density at radius 2 is 1.77 bits per heavy atom. The number of hydrogen-bond acceptors (Lipinski definition) is 11. The Morgan fingerprint density at radius 1 is 1.18 bits per heavy atom. The van der Waals surface area contributed by atoms with Crippen molar-refractivity contribution in [3.05, 3.63) is 47.9 Å². The van der Waals surface area contributed by atoms with Crippen LogP contribution in [0.1, 0.15) is 29.2 Å². The van der Waals surface area contributed by atoms with Crippen LogP contribution >= 0.6 is 0 Å². The van der Waals surface area contributed by atoms with E-state index in [9.17, 15) is 38.1 Å². The molecule has 0 radical (unpaired) electrons. The fraction of sp³-hybridized carbons (Fsp3) is 0.455. The molecule has 0 aliphatic carbocycles. The van der Waals surface area contributed by atoms with E-state index in [-0.39, 0.29) is 6.61 Å². The second kappa shape index (κ2) is 13.3. The lowest BCUT2D eigenvalue weighted by atomic mass is 10.1. The highest BCUT2D eigenvalue weighted by Crippen LogP contribution is 2.33. The van der Waals surface area contributed by atoms with Crippen LogP contribution in [0.3, 0.4) is 0 Å². The number of esters is 1. The van der Waals surface area contributed by atoms with Crippen molar-refractivity contribution in [1.82, 2.24) is 9.55 Å². The molecule has 39 heavy (non-hydrogen) atoms. The number of ether oxygens (including phenoxy) is 3. The van der Waals surface area contributed by atoms with Crippen molar-refractivity contribution in [2.75, 3.05) is 6.61 Å². The van der Waals surface area contributed by atoms with Crippen molar-refractivity contribution in [2.45, 2.75) is 56.4 Å². The summed E-state index contributed by atoms with van der Waals surface area (Å²) in [7, 11) is 0. The number of hydrogen-bond donors (Lipinski definition) is 6. The summed E-state index contributed by atoms with van der Waals surface area (Å²) in [5.41, 5.74) is 11.5. The maximum atomic E-state index is 12.3. The second-order valence-electron chi connectivity index (χ2n) is 8.20. The van der Waals surface area contributed by atoms with Gasteiger partial charge in [-0.15, -0.1) is 0 Å². The molecule has 1 aromatic heterocycles. The predicted molar refractivity (Wildman–Crippen MR) is 122 cm³/mol. The van der Waals surface area contributed by atoms with E-state index < -0.39 is 78.9 Å². The normalized spacial score (nSPS) is 22.3. The largest absolute Gasteiger partial charge is 0.493 e. The molecule has 3 rings (SSSR count). The summed E-state index contributed by atoms with van der Waals surface area (Å²) in [6.45, 7) is 1.49. The molecule has 2 aromatic rings. The van der Waals surface area contributed by atoms with Crippen LogP contribution in [0.4, 0.5) is 13.2 Å². The van der Waals surface area contributed by atoms with Crippen molar-refractivity contribution in [1.29, 1.82) is 0 Å². The Bertz CT molecular complexity index is 1130. The topological polar surface area (TPSA) is 230 Å².